The van der Waals surface area contributed by atoms with Crippen molar-refractivity contribution in [1.82, 2.24) is 19.7 Å². The highest BCUT2D eigenvalue weighted by Gasteiger charge is 2.11. The fourth-order valence-corrected chi connectivity index (χ4v) is 1.51. The first-order chi connectivity index (χ1) is 6.59. The van der Waals surface area contributed by atoms with Gasteiger partial charge in [0.2, 0.25) is 5.28 Å². The average molecular weight is 212 g/mol. The molecule has 0 saturated heterocycles. The Morgan fingerprint density at radius 3 is 2.71 bits per heavy atom. The third kappa shape index (κ3) is 1.29. The molecule has 0 aliphatic rings. The van der Waals surface area contributed by atoms with Gasteiger partial charge in [0.1, 0.15) is 11.0 Å². The van der Waals surface area contributed by atoms with Crippen LogP contribution in [0.5, 0.6) is 0 Å². The zero-order chi connectivity index (χ0) is 10.3. The number of rotatable bonds is 1. The van der Waals surface area contributed by atoms with E-state index in [1.54, 1.807) is 10.9 Å². The van der Waals surface area contributed by atoms with E-state index in [1.165, 1.54) is 0 Å². The topological polar surface area (TPSA) is 46.8 Å². The third-order valence-corrected chi connectivity index (χ3v) is 2.13. The zero-order valence-corrected chi connectivity index (χ0v) is 8.95. The molecule has 0 spiro atoms. The number of anilines is 1. The van der Waals surface area contributed by atoms with Gasteiger partial charge in [0.05, 0.1) is 6.20 Å². The van der Waals surface area contributed by atoms with Gasteiger partial charge in [-0.2, -0.15) is 10.1 Å². The fourth-order valence-electron chi connectivity index (χ4n) is 1.34. The van der Waals surface area contributed by atoms with Crippen molar-refractivity contribution in [3.05, 3.63) is 11.5 Å². The summed E-state index contributed by atoms with van der Waals surface area (Å²) in [5.74, 6) is 0.778. The summed E-state index contributed by atoms with van der Waals surface area (Å²) in [4.78, 5) is 10.1. The molecule has 0 unspecified atom stereocenters. The van der Waals surface area contributed by atoms with Crippen molar-refractivity contribution >= 4 is 28.5 Å². The second-order valence-corrected chi connectivity index (χ2v) is 3.55. The molecular formula is C8H10ClN5. The van der Waals surface area contributed by atoms with Crippen LogP contribution in [0.2, 0.25) is 5.28 Å². The zero-order valence-electron chi connectivity index (χ0n) is 8.19. The van der Waals surface area contributed by atoms with Crippen LogP contribution >= 0.6 is 11.6 Å². The molecule has 6 heteroatoms. The molecule has 0 bridgehead atoms. The first-order valence-electron chi connectivity index (χ1n) is 4.12. The highest BCUT2D eigenvalue weighted by atomic mass is 35.5. The molecule has 2 aromatic rings. The van der Waals surface area contributed by atoms with Gasteiger partial charge in [-0.05, 0) is 11.6 Å². The molecule has 2 heterocycles. The molecule has 0 aliphatic carbocycles. The van der Waals surface area contributed by atoms with Gasteiger partial charge in [0.15, 0.2) is 5.82 Å². The molecule has 5 nitrogen and oxygen atoms in total. The van der Waals surface area contributed by atoms with Crippen LogP contribution in [0.25, 0.3) is 11.0 Å². The monoisotopic (exact) mass is 211 g/mol. The van der Waals surface area contributed by atoms with E-state index >= 15 is 0 Å². The number of aromatic nitrogens is 4. The van der Waals surface area contributed by atoms with Crippen molar-refractivity contribution in [1.29, 1.82) is 0 Å². The second kappa shape index (κ2) is 3.09. The summed E-state index contributed by atoms with van der Waals surface area (Å²) in [7, 11) is 5.67. The van der Waals surface area contributed by atoms with Gasteiger partial charge in [-0.25, -0.2) is 4.98 Å². The van der Waals surface area contributed by atoms with Crippen LogP contribution in [-0.2, 0) is 7.05 Å². The van der Waals surface area contributed by atoms with Crippen LogP contribution < -0.4 is 4.90 Å². The first kappa shape index (κ1) is 9.21. The molecule has 2 aromatic heterocycles. The number of aryl methyl sites for hydroxylation is 1. The highest BCUT2D eigenvalue weighted by molar-refractivity contribution is 6.28. The van der Waals surface area contributed by atoms with Gasteiger partial charge in [0, 0.05) is 21.1 Å². The molecule has 0 aromatic carbocycles. The van der Waals surface area contributed by atoms with Gasteiger partial charge in [-0.15, -0.1) is 0 Å². The summed E-state index contributed by atoms with van der Waals surface area (Å²) < 4.78 is 1.74. The minimum absolute atomic E-state index is 0.245. The lowest BCUT2D eigenvalue weighted by Crippen LogP contribution is -2.13. The lowest BCUT2D eigenvalue weighted by molar-refractivity contribution is 0.793. The van der Waals surface area contributed by atoms with Gasteiger partial charge in [-0.1, -0.05) is 0 Å². The van der Waals surface area contributed by atoms with Gasteiger partial charge >= 0.3 is 0 Å². The smallest absolute Gasteiger partial charge is 0.225 e. The van der Waals surface area contributed by atoms with Crippen LogP contribution in [-0.4, -0.2) is 33.8 Å². The lowest BCUT2D eigenvalue weighted by Gasteiger charge is -2.12. The normalized spacial score (nSPS) is 10.9. The number of hydrogen-bond acceptors (Lipinski definition) is 4. The summed E-state index contributed by atoms with van der Waals surface area (Å²) >= 11 is 5.79. The maximum Gasteiger partial charge on any atom is 0.225 e. The van der Waals surface area contributed by atoms with Crippen molar-refractivity contribution in [2.45, 2.75) is 0 Å². The van der Waals surface area contributed by atoms with E-state index in [9.17, 15) is 0 Å². The van der Waals surface area contributed by atoms with Crippen LogP contribution in [0.4, 0.5) is 5.82 Å². The molecule has 0 radical (unpaired) electrons. The third-order valence-electron chi connectivity index (χ3n) is 1.97. The molecule has 0 amide bonds. The van der Waals surface area contributed by atoms with Crippen LogP contribution in [0.15, 0.2) is 6.20 Å². The number of hydrogen-bond donors (Lipinski definition) is 0. The Morgan fingerprint density at radius 1 is 1.36 bits per heavy atom. The van der Waals surface area contributed by atoms with Crippen LogP contribution in [0.3, 0.4) is 0 Å². The number of fused-ring (bicyclic) bond motifs is 1. The maximum atomic E-state index is 5.79. The SMILES string of the molecule is CN(C)c1nc(Cl)nc2cnn(C)c12. The number of halogens is 1. The summed E-state index contributed by atoms with van der Waals surface area (Å²) in [5.41, 5.74) is 1.65. The summed E-state index contributed by atoms with van der Waals surface area (Å²) in [6.07, 6.45) is 1.68. The molecule has 0 atom stereocenters. The summed E-state index contributed by atoms with van der Waals surface area (Å²) in [6, 6.07) is 0. The second-order valence-electron chi connectivity index (χ2n) is 3.21. The minimum atomic E-state index is 0.245. The van der Waals surface area contributed by atoms with Gasteiger partial charge < -0.3 is 4.90 Å². The summed E-state index contributed by atoms with van der Waals surface area (Å²) in [5, 5.41) is 4.35. The number of nitrogens with zero attached hydrogens (tertiary/aromatic N) is 5. The van der Waals surface area contributed by atoms with Gasteiger partial charge in [0.25, 0.3) is 0 Å². The van der Waals surface area contributed by atoms with E-state index < -0.39 is 0 Å². The Labute approximate surface area is 86.3 Å². The van der Waals surface area contributed by atoms with E-state index in [4.69, 9.17) is 11.6 Å². The van der Waals surface area contributed by atoms with Crippen LogP contribution in [0, 0.1) is 0 Å². The van der Waals surface area contributed by atoms with Crippen molar-refractivity contribution in [3.8, 4) is 0 Å². The molecule has 0 saturated carbocycles. The average Bonchev–Trinajstić information content (AvgIpc) is 2.46. The Hall–Kier alpha value is -1.36. The quantitative estimate of drug-likeness (QED) is 0.663. The molecule has 0 fully saturated rings. The van der Waals surface area contributed by atoms with Crippen molar-refractivity contribution in [2.75, 3.05) is 19.0 Å². The largest absolute Gasteiger partial charge is 0.361 e. The maximum absolute atomic E-state index is 5.79. The van der Waals surface area contributed by atoms with E-state index in [0.29, 0.717) is 0 Å². The Kier molecular flexibility index (Phi) is 2.03. The van der Waals surface area contributed by atoms with Crippen molar-refractivity contribution in [3.63, 3.8) is 0 Å². The summed E-state index contributed by atoms with van der Waals surface area (Å²) in [6.45, 7) is 0. The molecule has 74 valence electrons. The minimum Gasteiger partial charge on any atom is -0.361 e. The molecule has 0 aliphatic heterocycles. The lowest BCUT2D eigenvalue weighted by atomic mass is 10.4. The Balaban J connectivity index is 2.83. The molecule has 14 heavy (non-hydrogen) atoms. The predicted molar refractivity (Wildman–Crippen MR) is 55.6 cm³/mol. The standard InChI is InChI=1S/C8H10ClN5/c1-13(2)7-6-5(4-10-14(6)3)11-8(9)12-7/h4H,1-3H3. The van der Waals surface area contributed by atoms with Crippen molar-refractivity contribution in [2.24, 2.45) is 7.05 Å². The predicted octanol–water partition coefficient (Wildman–Crippen LogP) is 1.08. The first-order valence-corrected chi connectivity index (χ1v) is 4.50. The Morgan fingerprint density at radius 2 is 2.07 bits per heavy atom. The molecule has 0 N–H and O–H groups in total. The van der Waals surface area contributed by atoms with Gasteiger partial charge in [-0.3, -0.25) is 4.68 Å². The fraction of sp³-hybridized carbons (Fsp3) is 0.375. The van der Waals surface area contributed by atoms with E-state index in [2.05, 4.69) is 15.1 Å². The molecular weight excluding hydrogens is 202 g/mol. The highest BCUT2D eigenvalue weighted by Crippen LogP contribution is 2.22. The van der Waals surface area contributed by atoms with Crippen LogP contribution in [0.1, 0.15) is 0 Å². The van der Waals surface area contributed by atoms with E-state index in [-0.39, 0.29) is 5.28 Å². The van der Waals surface area contributed by atoms with E-state index in [0.717, 1.165) is 16.9 Å². The van der Waals surface area contributed by atoms with E-state index in [1.807, 2.05) is 26.0 Å². The Bertz CT molecular complexity index is 476. The van der Waals surface area contributed by atoms with Crippen molar-refractivity contribution < 1.29 is 0 Å². The molecule has 2 rings (SSSR count).